The molecule has 1 unspecified atom stereocenters. The third-order valence-electron chi connectivity index (χ3n) is 4.42. The minimum Gasteiger partial charge on any atom is -0.237 e. The number of hydrogen-bond acceptors (Lipinski definition) is 3. The van der Waals surface area contributed by atoms with Gasteiger partial charge in [0.15, 0.2) is 10.8 Å². The Morgan fingerprint density at radius 1 is 1.50 bits per heavy atom. The van der Waals surface area contributed by atoms with Crippen LogP contribution in [0.1, 0.15) is 42.9 Å². The molecule has 2 aromatic heterocycles. The van der Waals surface area contributed by atoms with Gasteiger partial charge in [-0.05, 0) is 19.3 Å². The van der Waals surface area contributed by atoms with Gasteiger partial charge in [-0.1, -0.05) is 18.0 Å². The van der Waals surface area contributed by atoms with Gasteiger partial charge in [-0.2, -0.15) is 10.4 Å². The van der Waals surface area contributed by atoms with Gasteiger partial charge in [-0.3, -0.25) is 0 Å². The Labute approximate surface area is 109 Å². The van der Waals surface area contributed by atoms with E-state index in [1.807, 2.05) is 10.7 Å². The lowest BCUT2D eigenvalue weighted by atomic mass is 9.66. The fourth-order valence-corrected chi connectivity index (χ4v) is 3.63. The molecule has 0 amide bonds. The molecule has 1 saturated carbocycles. The molecule has 1 fully saturated rings. The Balaban J connectivity index is 2.07. The summed E-state index contributed by atoms with van der Waals surface area (Å²) in [7, 11) is 0. The number of hydrogen-bond donors (Lipinski definition) is 0. The largest absolute Gasteiger partial charge is 0.237 e. The van der Waals surface area contributed by atoms with Crippen molar-refractivity contribution in [1.29, 1.82) is 5.26 Å². The van der Waals surface area contributed by atoms with Crippen molar-refractivity contribution in [1.82, 2.24) is 14.6 Å². The maximum atomic E-state index is 9.31. The highest BCUT2D eigenvalue weighted by atomic mass is 35.5. The van der Waals surface area contributed by atoms with Gasteiger partial charge >= 0.3 is 0 Å². The lowest BCUT2D eigenvalue weighted by molar-refractivity contribution is 0.230. The zero-order valence-corrected chi connectivity index (χ0v) is 10.5. The Bertz CT molecular complexity index is 693. The van der Waals surface area contributed by atoms with Crippen LogP contribution in [0.25, 0.3) is 5.65 Å². The van der Waals surface area contributed by atoms with E-state index in [0.717, 1.165) is 30.5 Å². The number of aromatic nitrogens is 3. The molecule has 2 aliphatic rings. The summed E-state index contributed by atoms with van der Waals surface area (Å²) < 4.78 is 1.86. The van der Waals surface area contributed by atoms with Crippen molar-refractivity contribution in [2.75, 3.05) is 0 Å². The van der Waals surface area contributed by atoms with Crippen LogP contribution < -0.4 is 0 Å². The van der Waals surface area contributed by atoms with Crippen LogP contribution >= 0.6 is 11.6 Å². The molecule has 1 spiro atoms. The molecule has 0 radical (unpaired) electrons. The minimum absolute atomic E-state index is 0.0415. The normalized spacial score (nSPS) is 23.9. The third kappa shape index (κ3) is 1.10. The predicted octanol–water partition coefficient (Wildman–Crippen LogP) is 2.82. The summed E-state index contributed by atoms with van der Waals surface area (Å²) in [6.45, 7) is 0. The van der Waals surface area contributed by atoms with Crippen LogP contribution in [0, 0.1) is 11.3 Å². The van der Waals surface area contributed by atoms with Crippen LogP contribution in [0.5, 0.6) is 0 Å². The number of halogens is 1. The van der Waals surface area contributed by atoms with Crippen LogP contribution in [0.4, 0.5) is 0 Å². The van der Waals surface area contributed by atoms with E-state index in [9.17, 15) is 5.26 Å². The molecule has 4 rings (SSSR count). The van der Waals surface area contributed by atoms with Crippen LogP contribution in [-0.4, -0.2) is 14.6 Å². The lowest BCUT2D eigenvalue weighted by Crippen LogP contribution is -2.33. The van der Waals surface area contributed by atoms with Gasteiger partial charge in [0.1, 0.15) is 0 Å². The Hall–Kier alpha value is -1.60. The summed E-state index contributed by atoms with van der Waals surface area (Å²) in [5, 5.41) is 14.1. The van der Waals surface area contributed by atoms with E-state index in [1.165, 1.54) is 12.1 Å². The van der Waals surface area contributed by atoms with Crippen molar-refractivity contribution >= 4 is 17.2 Å². The van der Waals surface area contributed by atoms with Crippen molar-refractivity contribution in [2.45, 2.75) is 37.0 Å². The van der Waals surface area contributed by atoms with E-state index in [1.54, 1.807) is 6.07 Å². The van der Waals surface area contributed by atoms with Crippen LogP contribution in [0.15, 0.2) is 12.3 Å². The highest BCUT2D eigenvalue weighted by Crippen LogP contribution is 2.56. The second kappa shape index (κ2) is 3.24. The van der Waals surface area contributed by atoms with Crippen LogP contribution in [0.2, 0.25) is 5.15 Å². The highest BCUT2D eigenvalue weighted by Gasteiger charge is 2.50. The fraction of sp³-hybridized carbons (Fsp3) is 0.462. The van der Waals surface area contributed by atoms with Gasteiger partial charge < -0.3 is 0 Å². The van der Waals surface area contributed by atoms with Gasteiger partial charge in [0, 0.05) is 23.2 Å². The zero-order valence-electron chi connectivity index (χ0n) is 9.73. The monoisotopic (exact) mass is 258 g/mol. The van der Waals surface area contributed by atoms with Crippen molar-refractivity contribution in [3.05, 3.63) is 28.7 Å². The minimum atomic E-state index is -0.0415. The first-order valence-electron chi connectivity index (χ1n) is 6.18. The van der Waals surface area contributed by atoms with E-state index in [0.29, 0.717) is 5.15 Å². The van der Waals surface area contributed by atoms with Crippen LogP contribution in [0.3, 0.4) is 0 Å². The molecule has 0 saturated heterocycles. The van der Waals surface area contributed by atoms with Gasteiger partial charge in [-0.15, -0.1) is 0 Å². The van der Waals surface area contributed by atoms with Crippen LogP contribution in [-0.2, 0) is 5.41 Å². The summed E-state index contributed by atoms with van der Waals surface area (Å²) in [4.78, 5) is 4.36. The summed E-state index contributed by atoms with van der Waals surface area (Å²) in [5.41, 5.74) is 3.15. The molecule has 0 bridgehead atoms. The van der Waals surface area contributed by atoms with E-state index in [2.05, 4.69) is 16.2 Å². The van der Waals surface area contributed by atoms with E-state index >= 15 is 0 Å². The molecule has 2 aliphatic carbocycles. The molecule has 18 heavy (non-hydrogen) atoms. The average molecular weight is 259 g/mol. The number of rotatable bonds is 0. The van der Waals surface area contributed by atoms with Gasteiger partial charge in [0.2, 0.25) is 0 Å². The number of nitrogens with zero attached hydrogens (tertiary/aromatic N) is 4. The van der Waals surface area contributed by atoms with E-state index in [-0.39, 0.29) is 11.3 Å². The first-order valence-corrected chi connectivity index (χ1v) is 6.56. The van der Waals surface area contributed by atoms with E-state index in [4.69, 9.17) is 11.6 Å². The molecule has 1 atom stereocenters. The molecule has 4 nitrogen and oxygen atoms in total. The topological polar surface area (TPSA) is 54.0 Å². The first kappa shape index (κ1) is 10.3. The van der Waals surface area contributed by atoms with Gasteiger partial charge in [0.25, 0.3) is 0 Å². The fourth-order valence-electron chi connectivity index (χ4n) is 3.46. The highest BCUT2D eigenvalue weighted by molar-refractivity contribution is 6.29. The van der Waals surface area contributed by atoms with Gasteiger partial charge in [-0.25, -0.2) is 9.50 Å². The van der Waals surface area contributed by atoms with Crippen molar-refractivity contribution < 1.29 is 0 Å². The Morgan fingerprint density at radius 3 is 3.00 bits per heavy atom. The first-order chi connectivity index (χ1) is 8.73. The maximum absolute atomic E-state index is 9.31. The van der Waals surface area contributed by atoms with Crippen molar-refractivity contribution in [3.63, 3.8) is 0 Å². The predicted molar refractivity (Wildman–Crippen MR) is 66.5 cm³/mol. The van der Waals surface area contributed by atoms with Crippen molar-refractivity contribution in [2.24, 2.45) is 0 Å². The second-order valence-corrected chi connectivity index (χ2v) is 5.71. The summed E-state index contributed by atoms with van der Waals surface area (Å²) in [6.07, 6.45) is 6.28. The molecule has 0 aromatic carbocycles. The molecule has 2 aromatic rings. The molecule has 5 heteroatoms. The molecule has 90 valence electrons. The smallest absolute Gasteiger partial charge is 0.156 e. The summed E-state index contributed by atoms with van der Waals surface area (Å²) >= 11 is 5.97. The maximum Gasteiger partial charge on any atom is 0.156 e. The van der Waals surface area contributed by atoms with Gasteiger partial charge in [0.05, 0.1) is 17.7 Å². The standard InChI is InChI=1S/C13H11ClN4/c14-10-4-11-16-7-9-8(6-15)5-13(2-1-3-13)12(9)18(11)17-10/h4,7-8H,1-3,5H2. The average Bonchev–Trinajstić information content (AvgIpc) is 2.84. The lowest BCUT2D eigenvalue weighted by Gasteiger charge is -2.39. The van der Waals surface area contributed by atoms with Crippen molar-refractivity contribution in [3.8, 4) is 6.07 Å². The number of fused-ring (bicyclic) bond motifs is 4. The molecule has 0 aliphatic heterocycles. The third-order valence-corrected chi connectivity index (χ3v) is 4.61. The Morgan fingerprint density at radius 2 is 2.33 bits per heavy atom. The number of nitriles is 1. The summed E-state index contributed by atoms with van der Waals surface area (Å²) in [5.74, 6) is -0.0415. The quantitative estimate of drug-likeness (QED) is 0.730. The SMILES string of the molecule is N#CC1CC2(CCC2)c2c1cnc1cc(Cl)nn21. The van der Waals surface area contributed by atoms with E-state index < -0.39 is 0 Å². The molecular weight excluding hydrogens is 248 g/mol. The molecular formula is C13H11ClN4. The molecule has 2 heterocycles. The zero-order chi connectivity index (χ0) is 12.3. The summed E-state index contributed by atoms with van der Waals surface area (Å²) in [6, 6.07) is 4.17. The Kier molecular flexibility index (Phi) is 1.86. The molecule has 0 N–H and O–H groups in total. The second-order valence-electron chi connectivity index (χ2n) is 5.32.